The zero-order valence-electron chi connectivity index (χ0n) is 10.4. The minimum atomic E-state index is -5.01. The van der Waals surface area contributed by atoms with Gasteiger partial charge in [-0.3, -0.25) is 0 Å². The van der Waals surface area contributed by atoms with Crippen LogP contribution in [0.4, 0.5) is 13.2 Å². The molecule has 1 N–H and O–H groups in total. The SMILES string of the molecule is CS(=O)(=O)CC1CCC(NOC(=O)C(F)(F)F)CC1. The van der Waals surface area contributed by atoms with Gasteiger partial charge in [0.2, 0.25) is 0 Å². The van der Waals surface area contributed by atoms with Gasteiger partial charge in [0.1, 0.15) is 9.84 Å². The fourth-order valence-electron chi connectivity index (χ4n) is 2.07. The van der Waals surface area contributed by atoms with E-state index in [0.29, 0.717) is 25.7 Å². The standard InChI is InChI=1S/C10H16F3NO4S/c1-19(16,17)6-7-2-4-8(5-3-7)14-18-9(15)10(11,12)13/h7-8,14H,2-6H2,1H3. The molecule has 19 heavy (non-hydrogen) atoms. The maximum atomic E-state index is 11.9. The lowest BCUT2D eigenvalue weighted by Crippen LogP contribution is -2.39. The molecule has 0 aliphatic heterocycles. The van der Waals surface area contributed by atoms with Crippen LogP contribution in [-0.2, 0) is 19.5 Å². The van der Waals surface area contributed by atoms with Crippen molar-refractivity contribution in [2.75, 3.05) is 12.0 Å². The fourth-order valence-corrected chi connectivity index (χ4v) is 3.26. The van der Waals surface area contributed by atoms with Crippen LogP contribution in [0.5, 0.6) is 0 Å². The first-order valence-corrected chi connectivity index (χ1v) is 7.85. The molecule has 0 atom stereocenters. The van der Waals surface area contributed by atoms with E-state index >= 15 is 0 Å². The molecule has 0 heterocycles. The van der Waals surface area contributed by atoms with E-state index in [0.717, 1.165) is 6.26 Å². The highest BCUT2D eigenvalue weighted by Gasteiger charge is 2.41. The third-order valence-corrected chi connectivity index (χ3v) is 4.01. The third-order valence-electron chi connectivity index (χ3n) is 2.93. The Morgan fingerprint density at radius 2 is 1.79 bits per heavy atom. The Kier molecular flexibility index (Phi) is 5.19. The molecule has 0 spiro atoms. The summed E-state index contributed by atoms with van der Waals surface area (Å²) in [7, 11) is -3.04. The quantitative estimate of drug-likeness (QED) is 0.790. The first kappa shape index (κ1) is 16.2. The highest BCUT2D eigenvalue weighted by molar-refractivity contribution is 7.90. The zero-order chi connectivity index (χ0) is 14.7. The van der Waals surface area contributed by atoms with E-state index in [1.165, 1.54) is 0 Å². The number of halogens is 3. The van der Waals surface area contributed by atoms with Crippen molar-refractivity contribution < 1.29 is 31.2 Å². The predicted octanol–water partition coefficient (Wildman–Crippen LogP) is 1.20. The van der Waals surface area contributed by atoms with E-state index in [2.05, 4.69) is 10.3 Å². The zero-order valence-corrected chi connectivity index (χ0v) is 11.2. The van der Waals surface area contributed by atoms with Gasteiger partial charge in [-0.15, -0.1) is 5.48 Å². The van der Waals surface area contributed by atoms with Gasteiger partial charge >= 0.3 is 12.1 Å². The van der Waals surface area contributed by atoms with Gasteiger partial charge in [-0.1, -0.05) is 0 Å². The molecule has 0 aromatic heterocycles. The van der Waals surface area contributed by atoms with Gasteiger partial charge in [-0.25, -0.2) is 13.2 Å². The topological polar surface area (TPSA) is 72.5 Å². The Balaban J connectivity index is 2.29. The monoisotopic (exact) mass is 303 g/mol. The second-order valence-electron chi connectivity index (χ2n) is 4.82. The van der Waals surface area contributed by atoms with Crippen LogP contribution in [-0.4, -0.2) is 38.6 Å². The number of carbonyl (C=O) groups excluding carboxylic acids is 1. The van der Waals surface area contributed by atoms with E-state index in [1.807, 2.05) is 0 Å². The lowest BCUT2D eigenvalue weighted by molar-refractivity contribution is -0.209. The third kappa shape index (κ3) is 6.24. The average molecular weight is 303 g/mol. The Bertz CT molecular complexity index is 413. The van der Waals surface area contributed by atoms with E-state index in [1.54, 1.807) is 0 Å². The average Bonchev–Trinajstić information content (AvgIpc) is 2.24. The molecule has 0 aromatic carbocycles. The van der Waals surface area contributed by atoms with Gasteiger partial charge in [0.25, 0.3) is 0 Å². The summed E-state index contributed by atoms with van der Waals surface area (Å²) in [5.41, 5.74) is 2.09. The Morgan fingerprint density at radius 3 is 2.21 bits per heavy atom. The van der Waals surface area contributed by atoms with E-state index < -0.39 is 22.0 Å². The molecule has 0 amide bonds. The van der Waals surface area contributed by atoms with Gasteiger partial charge in [0.15, 0.2) is 0 Å². The highest BCUT2D eigenvalue weighted by atomic mass is 32.2. The molecular formula is C10H16F3NO4S. The Morgan fingerprint density at radius 1 is 1.26 bits per heavy atom. The van der Waals surface area contributed by atoms with Crippen LogP contribution in [0.2, 0.25) is 0 Å². The van der Waals surface area contributed by atoms with Crippen LogP contribution in [0, 0.1) is 5.92 Å². The largest absolute Gasteiger partial charge is 0.492 e. The Hall–Kier alpha value is -0.830. The van der Waals surface area contributed by atoms with Gasteiger partial charge < -0.3 is 4.84 Å². The number of rotatable bonds is 4. The fraction of sp³-hybridized carbons (Fsp3) is 0.900. The first-order valence-electron chi connectivity index (χ1n) is 5.79. The van der Waals surface area contributed by atoms with Crippen molar-refractivity contribution >= 4 is 15.8 Å². The molecule has 0 unspecified atom stereocenters. The van der Waals surface area contributed by atoms with Gasteiger partial charge in [0.05, 0.1) is 5.75 Å². The van der Waals surface area contributed by atoms with Crippen LogP contribution in [0.3, 0.4) is 0 Å². The maximum Gasteiger partial charge on any atom is 0.492 e. The van der Waals surface area contributed by atoms with E-state index in [4.69, 9.17) is 0 Å². The van der Waals surface area contributed by atoms with Crippen LogP contribution >= 0.6 is 0 Å². The summed E-state index contributed by atoms with van der Waals surface area (Å²) in [5, 5.41) is 0. The maximum absolute atomic E-state index is 11.9. The molecule has 0 radical (unpaired) electrons. The van der Waals surface area contributed by atoms with Crippen molar-refractivity contribution in [1.29, 1.82) is 0 Å². The van der Waals surface area contributed by atoms with E-state index in [9.17, 15) is 26.4 Å². The first-order chi connectivity index (χ1) is 8.58. The van der Waals surface area contributed by atoms with Crippen molar-refractivity contribution in [1.82, 2.24) is 5.48 Å². The summed E-state index contributed by atoms with van der Waals surface area (Å²) in [4.78, 5) is 14.4. The smallest absolute Gasteiger partial charge is 0.363 e. The van der Waals surface area contributed by atoms with Crippen molar-refractivity contribution in [3.63, 3.8) is 0 Å². The molecule has 1 fully saturated rings. The number of hydrogen-bond donors (Lipinski definition) is 1. The lowest BCUT2D eigenvalue weighted by atomic mass is 9.88. The number of nitrogens with one attached hydrogen (secondary N) is 1. The summed E-state index contributed by atoms with van der Waals surface area (Å²) in [6.45, 7) is 0. The summed E-state index contributed by atoms with van der Waals surface area (Å²) in [5.74, 6) is -2.17. The summed E-state index contributed by atoms with van der Waals surface area (Å²) < 4.78 is 57.8. The molecule has 0 bridgehead atoms. The van der Waals surface area contributed by atoms with Crippen molar-refractivity contribution in [3.05, 3.63) is 0 Å². The molecule has 1 saturated carbocycles. The number of hydrogen-bond acceptors (Lipinski definition) is 5. The summed E-state index contributed by atoms with van der Waals surface area (Å²) in [6, 6.07) is -0.359. The van der Waals surface area contributed by atoms with Crippen molar-refractivity contribution in [2.24, 2.45) is 5.92 Å². The highest BCUT2D eigenvalue weighted by Crippen LogP contribution is 2.25. The summed E-state index contributed by atoms with van der Waals surface area (Å²) in [6.07, 6.45) is -1.75. The second-order valence-corrected chi connectivity index (χ2v) is 7.00. The summed E-state index contributed by atoms with van der Waals surface area (Å²) >= 11 is 0. The molecule has 0 saturated heterocycles. The van der Waals surface area contributed by atoms with Crippen LogP contribution in [0.1, 0.15) is 25.7 Å². The Labute approximate surface area is 109 Å². The van der Waals surface area contributed by atoms with E-state index in [-0.39, 0.29) is 17.7 Å². The number of carbonyl (C=O) groups is 1. The number of hydroxylamine groups is 1. The predicted molar refractivity (Wildman–Crippen MR) is 60.7 cm³/mol. The van der Waals surface area contributed by atoms with Gasteiger partial charge in [-0.05, 0) is 31.6 Å². The molecule has 1 aliphatic rings. The molecule has 112 valence electrons. The molecule has 0 aromatic rings. The normalized spacial score (nSPS) is 25.1. The minimum Gasteiger partial charge on any atom is -0.363 e. The molecule has 1 aliphatic carbocycles. The molecule has 9 heteroatoms. The molecular weight excluding hydrogens is 287 g/mol. The lowest BCUT2D eigenvalue weighted by Gasteiger charge is -2.27. The molecule has 5 nitrogen and oxygen atoms in total. The van der Waals surface area contributed by atoms with Crippen LogP contribution in [0.25, 0.3) is 0 Å². The number of alkyl halides is 3. The van der Waals surface area contributed by atoms with Crippen molar-refractivity contribution in [3.8, 4) is 0 Å². The van der Waals surface area contributed by atoms with Crippen molar-refractivity contribution in [2.45, 2.75) is 37.9 Å². The number of sulfone groups is 1. The van der Waals surface area contributed by atoms with Crippen LogP contribution < -0.4 is 5.48 Å². The molecule has 1 rings (SSSR count). The van der Waals surface area contributed by atoms with Gasteiger partial charge in [-0.2, -0.15) is 13.2 Å². The van der Waals surface area contributed by atoms with Crippen LogP contribution in [0.15, 0.2) is 0 Å². The second kappa shape index (κ2) is 6.08. The van der Waals surface area contributed by atoms with Gasteiger partial charge in [0, 0.05) is 12.3 Å². The minimum absolute atomic E-state index is 0.0198.